The van der Waals surface area contributed by atoms with Crippen LogP contribution in [0.4, 0.5) is 4.79 Å². The van der Waals surface area contributed by atoms with Crippen molar-refractivity contribution in [2.45, 2.75) is 38.3 Å². The number of amides is 2. The topological polar surface area (TPSA) is 55.8 Å². The molecule has 2 amide bonds. The van der Waals surface area contributed by atoms with Crippen LogP contribution in [0.5, 0.6) is 0 Å². The van der Waals surface area contributed by atoms with Gasteiger partial charge in [-0.05, 0) is 19.3 Å². The van der Waals surface area contributed by atoms with Crippen molar-refractivity contribution in [3.05, 3.63) is 0 Å². The maximum Gasteiger partial charge on any atom is 0.319 e. The largest absolute Gasteiger partial charge is 0.395 e. The number of aliphatic hydroxyl groups is 1. The number of nitrogens with zero attached hydrogens (tertiary/aromatic N) is 2. The summed E-state index contributed by atoms with van der Waals surface area (Å²) in [7, 11) is 3.57. The molecule has 0 radical (unpaired) electrons. The second-order valence-electron chi connectivity index (χ2n) is 4.89. The number of urea groups is 1. The second-order valence-corrected chi connectivity index (χ2v) is 4.89. The fourth-order valence-electron chi connectivity index (χ4n) is 2.15. The van der Waals surface area contributed by atoms with Crippen molar-refractivity contribution < 1.29 is 9.90 Å². The first kappa shape index (κ1) is 14.3. The SMILES string of the molecule is CCC(CO)NC1CCN(C(=O)N(C)C)CC1. The molecule has 5 heteroatoms. The first-order chi connectivity index (χ1) is 8.08. The third kappa shape index (κ3) is 4.16. The lowest BCUT2D eigenvalue weighted by atomic mass is 10.0. The van der Waals surface area contributed by atoms with Gasteiger partial charge in [-0.2, -0.15) is 0 Å². The number of hydrogen-bond donors (Lipinski definition) is 2. The van der Waals surface area contributed by atoms with E-state index in [9.17, 15) is 4.79 Å². The molecule has 0 aromatic carbocycles. The van der Waals surface area contributed by atoms with Gasteiger partial charge in [0.1, 0.15) is 0 Å². The van der Waals surface area contributed by atoms with E-state index in [2.05, 4.69) is 12.2 Å². The number of piperidine rings is 1. The predicted octanol–water partition coefficient (Wildman–Crippen LogP) is 0.493. The Morgan fingerprint density at radius 3 is 2.47 bits per heavy atom. The zero-order valence-electron chi connectivity index (χ0n) is 11.1. The summed E-state index contributed by atoms with van der Waals surface area (Å²) in [6, 6.07) is 0.715. The summed E-state index contributed by atoms with van der Waals surface area (Å²) in [6.07, 6.45) is 2.87. The van der Waals surface area contributed by atoms with E-state index in [-0.39, 0.29) is 18.7 Å². The van der Waals surface area contributed by atoms with Gasteiger partial charge in [0.15, 0.2) is 0 Å². The van der Waals surface area contributed by atoms with Gasteiger partial charge < -0.3 is 20.2 Å². The molecular formula is C12H25N3O2. The maximum absolute atomic E-state index is 11.7. The number of hydrogen-bond acceptors (Lipinski definition) is 3. The van der Waals surface area contributed by atoms with Crippen LogP contribution in [0, 0.1) is 0 Å². The minimum absolute atomic E-state index is 0.0950. The Kier molecular flexibility index (Phi) is 5.71. The van der Waals surface area contributed by atoms with Crippen LogP contribution in [-0.2, 0) is 0 Å². The van der Waals surface area contributed by atoms with Crippen LogP contribution in [0.3, 0.4) is 0 Å². The molecule has 2 N–H and O–H groups in total. The summed E-state index contributed by atoms with van der Waals surface area (Å²) in [5.41, 5.74) is 0. The molecule has 0 saturated carbocycles. The molecule has 1 fully saturated rings. The van der Waals surface area contributed by atoms with Gasteiger partial charge in [-0.1, -0.05) is 6.92 Å². The van der Waals surface area contributed by atoms with Crippen molar-refractivity contribution in [1.29, 1.82) is 0 Å². The van der Waals surface area contributed by atoms with Gasteiger partial charge in [-0.15, -0.1) is 0 Å². The van der Waals surface area contributed by atoms with Gasteiger partial charge in [-0.25, -0.2) is 4.79 Å². The van der Waals surface area contributed by atoms with Crippen LogP contribution in [0.15, 0.2) is 0 Å². The van der Waals surface area contributed by atoms with E-state index < -0.39 is 0 Å². The average molecular weight is 243 g/mol. The quantitative estimate of drug-likeness (QED) is 0.755. The standard InChI is InChI=1S/C12H25N3O2/c1-4-10(9-16)13-11-5-7-15(8-6-11)12(17)14(2)3/h10-11,13,16H,4-9H2,1-3H3. The molecule has 5 nitrogen and oxygen atoms in total. The van der Waals surface area contributed by atoms with E-state index in [1.165, 1.54) is 0 Å². The molecule has 0 aromatic heterocycles. The highest BCUT2D eigenvalue weighted by atomic mass is 16.3. The molecule has 0 aliphatic carbocycles. The predicted molar refractivity (Wildman–Crippen MR) is 68.0 cm³/mol. The van der Waals surface area contributed by atoms with E-state index >= 15 is 0 Å². The molecule has 1 atom stereocenters. The first-order valence-electron chi connectivity index (χ1n) is 6.41. The number of nitrogens with one attached hydrogen (secondary N) is 1. The molecule has 17 heavy (non-hydrogen) atoms. The van der Waals surface area contributed by atoms with Gasteiger partial charge in [-0.3, -0.25) is 0 Å². The summed E-state index contributed by atoms with van der Waals surface area (Å²) in [6.45, 7) is 3.86. The monoisotopic (exact) mass is 243 g/mol. The van der Waals surface area contributed by atoms with Gasteiger partial charge >= 0.3 is 6.03 Å². The Morgan fingerprint density at radius 2 is 2.06 bits per heavy atom. The second kappa shape index (κ2) is 6.81. The molecule has 1 heterocycles. The highest BCUT2D eigenvalue weighted by molar-refractivity contribution is 5.73. The molecule has 1 saturated heterocycles. The molecule has 0 spiro atoms. The molecule has 1 aliphatic rings. The third-order valence-corrected chi connectivity index (χ3v) is 3.33. The molecule has 100 valence electrons. The summed E-state index contributed by atoms with van der Waals surface area (Å²) in [4.78, 5) is 15.2. The third-order valence-electron chi connectivity index (χ3n) is 3.33. The zero-order valence-corrected chi connectivity index (χ0v) is 11.1. The Labute approximate surface area is 104 Å². The summed E-state index contributed by atoms with van der Waals surface area (Å²) in [5.74, 6) is 0. The van der Waals surface area contributed by atoms with Crippen LogP contribution in [-0.4, -0.2) is 66.8 Å². The summed E-state index contributed by atoms with van der Waals surface area (Å²) >= 11 is 0. The van der Waals surface area contributed by atoms with Crippen LogP contribution in [0.1, 0.15) is 26.2 Å². The molecule has 1 rings (SSSR count). The Morgan fingerprint density at radius 1 is 1.47 bits per heavy atom. The number of aliphatic hydroxyl groups excluding tert-OH is 1. The fourth-order valence-corrected chi connectivity index (χ4v) is 2.15. The summed E-state index contributed by atoms with van der Waals surface area (Å²) in [5, 5.41) is 12.6. The zero-order chi connectivity index (χ0) is 12.8. The minimum atomic E-state index is 0.0950. The Bertz CT molecular complexity index is 234. The molecule has 1 aliphatic heterocycles. The van der Waals surface area contributed by atoms with Crippen molar-refractivity contribution in [1.82, 2.24) is 15.1 Å². The number of carbonyl (C=O) groups excluding carboxylic acids is 1. The van der Waals surface area contributed by atoms with Crippen molar-refractivity contribution in [3.8, 4) is 0 Å². The van der Waals surface area contributed by atoms with E-state index in [0.717, 1.165) is 32.4 Å². The van der Waals surface area contributed by atoms with E-state index in [0.29, 0.717) is 6.04 Å². The lowest BCUT2D eigenvalue weighted by Crippen LogP contribution is -2.50. The van der Waals surface area contributed by atoms with Crippen LogP contribution < -0.4 is 5.32 Å². The highest BCUT2D eigenvalue weighted by Crippen LogP contribution is 2.12. The van der Waals surface area contributed by atoms with Crippen molar-refractivity contribution in [3.63, 3.8) is 0 Å². The smallest absolute Gasteiger partial charge is 0.319 e. The normalized spacial score (nSPS) is 19.2. The number of carbonyl (C=O) groups is 1. The highest BCUT2D eigenvalue weighted by Gasteiger charge is 2.24. The van der Waals surface area contributed by atoms with Crippen molar-refractivity contribution in [2.75, 3.05) is 33.8 Å². The molecule has 1 unspecified atom stereocenters. The fraction of sp³-hybridized carbons (Fsp3) is 0.917. The van der Waals surface area contributed by atoms with E-state index in [1.54, 1.807) is 19.0 Å². The van der Waals surface area contributed by atoms with Crippen LogP contribution >= 0.6 is 0 Å². The first-order valence-corrected chi connectivity index (χ1v) is 6.41. The Hall–Kier alpha value is -0.810. The van der Waals surface area contributed by atoms with Gasteiger partial charge in [0, 0.05) is 39.3 Å². The van der Waals surface area contributed by atoms with Gasteiger partial charge in [0.25, 0.3) is 0 Å². The lowest BCUT2D eigenvalue weighted by molar-refractivity contribution is 0.145. The average Bonchev–Trinajstić information content (AvgIpc) is 2.35. The number of rotatable bonds is 4. The van der Waals surface area contributed by atoms with Gasteiger partial charge in [0.05, 0.1) is 6.61 Å². The van der Waals surface area contributed by atoms with Crippen molar-refractivity contribution in [2.24, 2.45) is 0 Å². The maximum atomic E-state index is 11.7. The van der Waals surface area contributed by atoms with Crippen LogP contribution in [0.25, 0.3) is 0 Å². The van der Waals surface area contributed by atoms with E-state index in [1.807, 2.05) is 4.90 Å². The molecule has 0 aromatic rings. The van der Waals surface area contributed by atoms with Crippen LogP contribution in [0.2, 0.25) is 0 Å². The molecular weight excluding hydrogens is 218 g/mol. The van der Waals surface area contributed by atoms with Gasteiger partial charge in [0.2, 0.25) is 0 Å². The minimum Gasteiger partial charge on any atom is -0.395 e. The van der Waals surface area contributed by atoms with Crippen molar-refractivity contribution >= 4 is 6.03 Å². The molecule has 0 bridgehead atoms. The van der Waals surface area contributed by atoms with E-state index in [4.69, 9.17) is 5.11 Å². The Balaban J connectivity index is 2.33. The number of likely N-dealkylation sites (tertiary alicyclic amines) is 1. The lowest BCUT2D eigenvalue weighted by Gasteiger charge is -2.35. The summed E-state index contributed by atoms with van der Waals surface area (Å²) < 4.78 is 0.